The number of hydrogen-bond donors (Lipinski definition) is 0. The SMILES string of the molecule is CC(C)C(C)(C(=O)Cl)c1cc(Cl)cc(Cl)c1. The lowest BCUT2D eigenvalue weighted by Crippen LogP contribution is -2.35. The van der Waals surface area contributed by atoms with Crippen LogP contribution in [-0.2, 0) is 10.2 Å². The zero-order valence-corrected chi connectivity index (χ0v) is 11.6. The van der Waals surface area contributed by atoms with Crippen LogP contribution in [0.1, 0.15) is 26.3 Å². The summed E-state index contributed by atoms with van der Waals surface area (Å²) in [6, 6.07) is 5.09. The Labute approximate surface area is 111 Å². The van der Waals surface area contributed by atoms with E-state index in [1.807, 2.05) is 13.8 Å². The molecule has 0 bridgehead atoms. The van der Waals surface area contributed by atoms with Gasteiger partial charge >= 0.3 is 0 Å². The van der Waals surface area contributed by atoms with Crippen molar-refractivity contribution in [3.63, 3.8) is 0 Å². The van der Waals surface area contributed by atoms with Gasteiger partial charge < -0.3 is 0 Å². The van der Waals surface area contributed by atoms with Crippen LogP contribution in [-0.4, -0.2) is 5.24 Å². The Morgan fingerprint density at radius 3 is 1.94 bits per heavy atom. The lowest BCUT2D eigenvalue weighted by molar-refractivity contribution is -0.117. The van der Waals surface area contributed by atoms with Crippen molar-refractivity contribution < 1.29 is 4.79 Å². The third-order valence-electron chi connectivity index (χ3n) is 3.03. The van der Waals surface area contributed by atoms with E-state index in [2.05, 4.69) is 0 Å². The van der Waals surface area contributed by atoms with Gasteiger partial charge in [-0.25, -0.2) is 0 Å². The predicted molar refractivity (Wildman–Crippen MR) is 69.5 cm³/mol. The maximum absolute atomic E-state index is 11.6. The summed E-state index contributed by atoms with van der Waals surface area (Å²) >= 11 is 17.5. The van der Waals surface area contributed by atoms with Gasteiger partial charge in [0.05, 0.1) is 5.41 Å². The molecule has 0 saturated heterocycles. The smallest absolute Gasteiger partial charge is 0.232 e. The molecule has 0 fully saturated rings. The van der Waals surface area contributed by atoms with Crippen LogP contribution in [0.3, 0.4) is 0 Å². The van der Waals surface area contributed by atoms with E-state index < -0.39 is 10.7 Å². The largest absolute Gasteiger partial charge is 0.280 e. The first kappa shape index (κ1) is 13.8. The van der Waals surface area contributed by atoms with Crippen molar-refractivity contribution in [1.82, 2.24) is 0 Å². The van der Waals surface area contributed by atoms with Crippen LogP contribution >= 0.6 is 34.8 Å². The standard InChI is InChI=1S/C12H13Cl3O/c1-7(2)12(3,11(15)16)8-4-9(13)6-10(14)5-8/h4-7H,1-3H3. The fourth-order valence-electron chi connectivity index (χ4n) is 1.53. The molecular weight excluding hydrogens is 266 g/mol. The highest BCUT2D eigenvalue weighted by molar-refractivity contribution is 6.65. The van der Waals surface area contributed by atoms with Crippen molar-refractivity contribution >= 4 is 40.0 Å². The Balaban J connectivity index is 3.38. The number of carbonyl (C=O) groups is 1. The van der Waals surface area contributed by atoms with Crippen LogP contribution in [0.5, 0.6) is 0 Å². The normalized spacial score (nSPS) is 14.9. The average Bonchev–Trinajstić information content (AvgIpc) is 2.14. The summed E-state index contributed by atoms with van der Waals surface area (Å²) in [5, 5.41) is 0.611. The molecule has 1 unspecified atom stereocenters. The molecule has 0 aliphatic carbocycles. The predicted octanol–water partition coefficient (Wildman–Crippen LogP) is 4.67. The summed E-state index contributed by atoms with van der Waals surface area (Å²) < 4.78 is 0. The maximum atomic E-state index is 11.6. The van der Waals surface area contributed by atoms with Gasteiger partial charge in [0.15, 0.2) is 0 Å². The molecule has 0 N–H and O–H groups in total. The summed E-state index contributed by atoms with van der Waals surface area (Å²) in [5.41, 5.74) is -0.0178. The molecule has 0 radical (unpaired) electrons. The van der Waals surface area contributed by atoms with E-state index >= 15 is 0 Å². The maximum Gasteiger partial charge on any atom is 0.232 e. The van der Waals surface area contributed by atoms with Crippen molar-refractivity contribution in [2.45, 2.75) is 26.2 Å². The second-order valence-corrected chi connectivity index (χ2v) is 5.51. The van der Waals surface area contributed by atoms with Crippen molar-refractivity contribution in [2.24, 2.45) is 5.92 Å². The van der Waals surface area contributed by atoms with Crippen molar-refractivity contribution in [2.75, 3.05) is 0 Å². The van der Waals surface area contributed by atoms with Crippen LogP contribution in [0.4, 0.5) is 0 Å². The molecule has 1 aromatic carbocycles. The van der Waals surface area contributed by atoms with Crippen molar-refractivity contribution in [3.8, 4) is 0 Å². The highest BCUT2D eigenvalue weighted by Gasteiger charge is 2.37. The Morgan fingerprint density at radius 1 is 1.19 bits per heavy atom. The molecule has 0 aliphatic heterocycles. The summed E-state index contributed by atoms with van der Waals surface area (Å²) in [5.74, 6) is 0.0621. The van der Waals surface area contributed by atoms with Crippen LogP contribution in [0.15, 0.2) is 18.2 Å². The van der Waals surface area contributed by atoms with E-state index in [0.29, 0.717) is 10.0 Å². The highest BCUT2D eigenvalue weighted by atomic mass is 35.5. The lowest BCUT2D eigenvalue weighted by Gasteiger charge is -2.30. The quantitative estimate of drug-likeness (QED) is 0.735. The zero-order chi connectivity index (χ0) is 12.5. The van der Waals surface area contributed by atoms with Crippen LogP contribution in [0.2, 0.25) is 10.0 Å². The lowest BCUT2D eigenvalue weighted by atomic mass is 9.74. The molecule has 1 nitrogen and oxygen atoms in total. The van der Waals surface area contributed by atoms with Crippen molar-refractivity contribution in [3.05, 3.63) is 33.8 Å². The third-order valence-corrected chi connectivity index (χ3v) is 3.85. The zero-order valence-electron chi connectivity index (χ0n) is 9.35. The summed E-state index contributed by atoms with van der Waals surface area (Å²) in [4.78, 5) is 11.6. The Morgan fingerprint density at radius 2 is 1.62 bits per heavy atom. The summed E-state index contributed by atoms with van der Waals surface area (Å²) in [6.07, 6.45) is 0. The number of halogens is 3. The topological polar surface area (TPSA) is 17.1 Å². The number of benzene rings is 1. The first-order chi connectivity index (χ1) is 7.28. The van der Waals surface area contributed by atoms with Crippen LogP contribution in [0.25, 0.3) is 0 Å². The molecule has 0 aliphatic rings. The van der Waals surface area contributed by atoms with Gasteiger partial charge in [0.1, 0.15) is 0 Å². The number of carbonyl (C=O) groups excluding carboxylic acids is 1. The monoisotopic (exact) mass is 278 g/mol. The van der Waals surface area contributed by atoms with E-state index in [9.17, 15) is 4.79 Å². The molecule has 0 saturated carbocycles. The second kappa shape index (κ2) is 4.95. The van der Waals surface area contributed by atoms with E-state index in [4.69, 9.17) is 34.8 Å². The molecule has 0 amide bonds. The Hall–Kier alpha value is -0.240. The van der Waals surface area contributed by atoms with Gasteiger partial charge in [0, 0.05) is 10.0 Å². The number of hydrogen-bond acceptors (Lipinski definition) is 1. The molecule has 88 valence electrons. The van der Waals surface area contributed by atoms with Crippen LogP contribution in [0, 0.1) is 5.92 Å². The first-order valence-electron chi connectivity index (χ1n) is 4.95. The fourth-order valence-corrected chi connectivity index (χ4v) is 2.38. The molecule has 1 atom stereocenters. The first-order valence-corrected chi connectivity index (χ1v) is 6.08. The highest BCUT2D eigenvalue weighted by Crippen LogP contribution is 2.37. The molecule has 0 heterocycles. The van der Waals surface area contributed by atoms with Gasteiger partial charge in [-0.3, -0.25) is 4.79 Å². The second-order valence-electron chi connectivity index (χ2n) is 4.29. The van der Waals surface area contributed by atoms with E-state index in [1.165, 1.54) is 0 Å². The van der Waals surface area contributed by atoms with E-state index in [1.54, 1.807) is 25.1 Å². The van der Waals surface area contributed by atoms with Gasteiger partial charge in [-0.05, 0) is 48.2 Å². The minimum absolute atomic E-state index is 0.0621. The molecule has 1 aromatic rings. The Bertz CT molecular complexity index is 394. The van der Waals surface area contributed by atoms with Crippen LogP contribution < -0.4 is 0 Å². The average molecular weight is 280 g/mol. The molecule has 0 spiro atoms. The molecular formula is C12H13Cl3O. The van der Waals surface area contributed by atoms with Gasteiger partial charge in [-0.1, -0.05) is 37.0 Å². The number of rotatable bonds is 3. The van der Waals surface area contributed by atoms with Gasteiger partial charge in [0.2, 0.25) is 5.24 Å². The van der Waals surface area contributed by atoms with Gasteiger partial charge in [-0.2, -0.15) is 0 Å². The minimum Gasteiger partial charge on any atom is -0.280 e. The third kappa shape index (κ3) is 2.53. The minimum atomic E-state index is -0.768. The summed E-state index contributed by atoms with van der Waals surface area (Å²) in [7, 11) is 0. The molecule has 1 rings (SSSR count). The molecule has 16 heavy (non-hydrogen) atoms. The van der Waals surface area contributed by atoms with E-state index in [-0.39, 0.29) is 5.92 Å². The Kier molecular flexibility index (Phi) is 4.28. The van der Waals surface area contributed by atoms with E-state index in [0.717, 1.165) is 5.56 Å². The summed E-state index contributed by atoms with van der Waals surface area (Å²) in [6.45, 7) is 5.68. The van der Waals surface area contributed by atoms with Gasteiger partial charge in [-0.15, -0.1) is 0 Å². The molecule has 0 aromatic heterocycles. The van der Waals surface area contributed by atoms with Gasteiger partial charge in [0.25, 0.3) is 0 Å². The fraction of sp³-hybridized carbons (Fsp3) is 0.417. The molecule has 4 heteroatoms. The van der Waals surface area contributed by atoms with Crippen molar-refractivity contribution in [1.29, 1.82) is 0 Å².